The van der Waals surface area contributed by atoms with Gasteiger partial charge in [0, 0.05) is 12.5 Å². The second-order valence-corrected chi connectivity index (χ2v) is 6.98. The van der Waals surface area contributed by atoms with E-state index in [1.54, 1.807) is 20.8 Å². The lowest BCUT2D eigenvalue weighted by atomic mass is 10.2. The average molecular weight is 235 g/mol. The summed E-state index contributed by atoms with van der Waals surface area (Å²) in [5, 5.41) is 2.55. The molecule has 1 aliphatic heterocycles. The molecule has 15 heavy (non-hydrogen) atoms. The molecule has 0 aromatic heterocycles. The maximum Gasteiger partial charge on any atom is 0.407 e. The molecule has 5 nitrogen and oxygen atoms in total. The van der Waals surface area contributed by atoms with Crippen LogP contribution in [0.2, 0.25) is 0 Å². The number of carbonyl (C=O) groups excluding carboxylic acids is 1. The maximum absolute atomic E-state index is 11.2. The van der Waals surface area contributed by atoms with Gasteiger partial charge in [0.1, 0.15) is 5.60 Å². The Morgan fingerprint density at radius 3 is 2.33 bits per heavy atom. The Bertz CT molecular complexity index is 330. The first-order valence-corrected chi connectivity index (χ1v) is 6.67. The van der Waals surface area contributed by atoms with Crippen LogP contribution in [0.5, 0.6) is 0 Å². The Balaban J connectivity index is 2.19. The van der Waals surface area contributed by atoms with Gasteiger partial charge in [0.2, 0.25) is 0 Å². The molecule has 0 radical (unpaired) electrons. The number of hydrogen-bond acceptors (Lipinski definition) is 4. The molecule has 0 aromatic rings. The molecule has 1 fully saturated rings. The van der Waals surface area contributed by atoms with Crippen LogP contribution in [0.15, 0.2) is 0 Å². The first-order valence-electron chi connectivity index (χ1n) is 4.85. The molecule has 0 spiro atoms. The third-order valence-electron chi connectivity index (χ3n) is 1.91. The number of sulfone groups is 1. The van der Waals surface area contributed by atoms with Crippen LogP contribution in [-0.2, 0) is 14.6 Å². The Morgan fingerprint density at radius 1 is 1.40 bits per heavy atom. The number of rotatable bonds is 2. The van der Waals surface area contributed by atoms with Gasteiger partial charge < -0.3 is 10.1 Å². The van der Waals surface area contributed by atoms with Crippen LogP contribution in [0.4, 0.5) is 4.79 Å². The summed E-state index contributed by atoms with van der Waals surface area (Å²) in [7, 11) is -2.81. The molecule has 0 aliphatic carbocycles. The van der Waals surface area contributed by atoms with Crippen molar-refractivity contribution in [2.75, 3.05) is 18.1 Å². The van der Waals surface area contributed by atoms with Gasteiger partial charge in [-0.3, -0.25) is 0 Å². The molecule has 1 N–H and O–H groups in total. The number of carbonyl (C=O) groups is 1. The number of ether oxygens (including phenoxy) is 1. The van der Waals surface area contributed by atoms with Crippen LogP contribution in [0, 0.1) is 5.92 Å². The highest BCUT2D eigenvalue weighted by atomic mass is 32.2. The topological polar surface area (TPSA) is 72.5 Å². The van der Waals surface area contributed by atoms with E-state index < -0.39 is 21.5 Å². The third-order valence-corrected chi connectivity index (χ3v) is 3.87. The summed E-state index contributed by atoms with van der Waals surface area (Å²) in [5.74, 6) is 0.383. The van der Waals surface area contributed by atoms with Crippen molar-refractivity contribution in [1.82, 2.24) is 5.32 Å². The van der Waals surface area contributed by atoms with E-state index in [0.29, 0.717) is 6.54 Å². The second kappa shape index (κ2) is 4.00. The molecule has 1 rings (SSSR count). The van der Waals surface area contributed by atoms with Crippen molar-refractivity contribution in [1.29, 1.82) is 0 Å². The molecule has 1 aliphatic rings. The van der Waals surface area contributed by atoms with Crippen LogP contribution in [0.1, 0.15) is 20.8 Å². The minimum absolute atomic E-state index is 0.0440. The van der Waals surface area contributed by atoms with Gasteiger partial charge in [0.05, 0.1) is 11.5 Å². The van der Waals surface area contributed by atoms with E-state index in [9.17, 15) is 13.2 Å². The lowest BCUT2D eigenvalue weighted by Gasteiger charge is -2.26. The average Bonchev–Trinajstić information content (AvgIpc) is 1.93. The summed E-state index contributed by atoms with van der Waals surface area (Å²) >= 11 is 0. The molecular formula is C9H17NO4S. The highest BCUT2D eigenvalue weighted by Crippen LogP contribution is 2.17. The van der Waals surface area contributed by atoms with Gasteiger partial charge in [-0.1, -0.05) is 0 Å². The number of alkyl carbamates (subject to hydrolysis) is 1. The molecule has 1 amide bonds. The fourth-order valence-electron chi connectivity index (χ4n) is 1.33. The van der Waals surface area contributed by atoms with Crippen LogP contribution in [0.25, 0.3) is 0 Å². The smallest absolute Gasteiger partial charge is 0.407 e. The molecule has 0 bridgehead atoms. The van der Waals surface area contributed by atoms with Crippen LogP contribution in [0.3, 0.4) is 0 Å². The quantitative estimate of drug-likeness (QED) is 0.759. The zero-order valence-electron chi connectivity index (χ0n) is 9.24. The van der Waals surface area contributed by atoms with Gasteiger partial charge in [-0.25, -0.2) is 13.2 Å². The molecule has 0 saturated carbocycles. The highest BCUT2D eigenvalue weighted by molar-refractivity contribution is 7.92. The summed E-state index contributed by atoms with van der Waals surface area (Å²) in [6.45, 7) is 5.70. The molecule has 0 atom stereocenters. The number of nitrogens with one attached hydrogen (secondary N) is 1. The van der Waals surface area contributed by atoms with Gasteiger partial charge in [-0.05, 0) is 20.8 Å². The third kappa shape index (κ3) is 4.51. The number of amides is 1. The fraction of sp³-hybridized carbons (Fsp3) is 0.889. The van der Waals surface area contributed by atoms with E-state index >= 15 is 0 Å². The zero-order valence-corrected chi connectivity index (χ0v) is 10.1. The monoisotopic (exact) mass is 235 g/mol. The summed E-state index contributed by atoms with van der Waals surface area (Å²) in [4.78, 5) is 11.2. The Morgan fingerprint density at radius 2 is 1.93 bits per heavy atom. The van der Waals surface area contributed by atoms with Crippen molar-refractivity contribution in [2.45, 2.75) is 26.4 Å². The summed E-state index contributed by atoms with van der Waals surface area (Å²) in [6, 6.07) is 0. The van der Waals surface area contributed by atoms with E-state index in [2.05, 4.69) is 5.32 Å². The van der Waals surface area contributed by atoms with Crippen LogP contribution >= 0.6 is 0 Å². The molecule has 0 unspecified atom stereocenters. The van der Waals surface area contributed by atoms with Crippen molar-refractivity contribution in [3.05, 3.63) is 0 Å². The fourth-order valence-corrected chi connectivity index (χ4v) is 2.90. The molecule has 0 aromatic carbocycles. The molecule has 88 valence electrons. The molecular weight excluding hydrogens is 218 g/mol. The van der Waals surface area contributed by atoms with Crippen molar-refractivity contribution in [3.63, 3.8) is 0 Å². The molecule has 1 heterocycles. The maximum atomic E-state index is 11.2. The Hall–Kier alpha value is -0.780. The van der Waals surface area contributed by atoms with Crippen molar-refractivity contribution in [3.8, 4) is 0 Å². The standard InChI is InChI=1S/C9H17NO4S/c1-9(2,3)14-8(11)10-4-7-5-15(12,13)6-7/h7H,4-6H2,1-3H3,(H,10,11). The lowest BCUT2D eigenvalue weighted by molar-refractivity contribution is 0.0521. The van der Waals surface area contributed by atoms with E-state index in [1.165, 1.54) is 0 Å². The minimum Gasteiger partial charge on any atom is -0.444 e. The van der Waals surface area contributed by atoms with Gasteiger partial charge >= 0.3 is 6.09 Å². The van der Waals surface area contributed by atoms with Crippen molar-refractivity contribution < 1.29 is 17.9 Å². The lowest BCUT2D eigenvalue weighted by Crippen LogP contribution is -2.45. The van der Waals surface area contributed by atoms with E-state index in [0.717, 1.165) is 0 Å². The zero-order chi connectivity index (χ0) is 11.7. The predicted octanol–water partition coefficient (Wildman–Crippen LogP) is 0.556. The highest BCUT2D eigenvalue weighted by Gasteiger charge is 2.33. The SMILES string of the molecule is CC(C)(C)OC(=O)NCC1CS(=O)(=O)C1. The molecule has 1 saturated heterocycles. The van der Waals surface area contributed by atoms with Crippen molar-refractivity contribution in [2.24, 2.45) is 5.92 Å². The summed E-state index contributed by atoms with van der Waals surface area (Å²) < 4.78 is 26.7. The van der Waals surface area contributed by atoms with Crippen LogP contribution in [-0.4, -0.2) is 38.2 Å². The van der Waals surface area contributed by atoms with E-state index in [4.69, 9.17) is 4.74 Å². The van der Waals surface area contributed by atoms with Gasteiger partial charge in [0.15, 0.2) is 9.84 Å². The van der Waals surface area contributed by atoms with Crippen molar-refractivity contribution >= 4 is 15.9 Å². The van der Waals surface area contributed by atoms with Crippen LogP contribution < -0.4 is 5.32 Å². The second-order valence-electron chi connectivity index (χ2n) is 4.83. The Labute approximate surface area is 90.1 Å². The largest absolute Gasteiger partial charge is 0.444 e. The number of hydrogen-bond donors (Lipinski definition) is 1. The predicted molar refractivity (Wildman–Crippen MR) is 56.4 cm³/mol. The van der Waals surface area contributed by atoms with E-state index in [1.807, 2.05) is 0 Å². The summed E-state index contributed by atoms with van der Waals surface area (Å²) in [6.07, 6.45) is -0.494. The van der Waals surface area contributed by atoms with Gasteiger partial charge in [-0.15, -0.1) is 0 Å². The normalized spacial score (nSPS) is 20.5. The molecule has 6 heteroatoms. The Kier molecular flexibility index (Phi) is 3.28. The minimum atomic E-state index is -2.81. The summed E-state index contributed by atoms with van der Waals surface area (Å²) in [5.41, 5.74) is -0.518. The first-order chi connectivity index (χ1) is 6.68. The van der Waals surface area contributed by atoms with E-state index in [-0.39, 0.29) is 17.4 Å². The van der Waals surface area contributed by atoms with Gasteiger partial charge in [-0.2, -0.15) is 0 Å². The van der Waals surface area contributed by atoms with Gasteiger partial charge in [0.25, 0.3) is 0 Å². The first kappa shape index (κ1) is 12.3.